The highest BCUT2D eigenvalue weighted by atomic mass is 79.9. The standard InChI is InChI=1S/C14H23BrN2O/c1-12(10-16-8-9-18-3)17(2)11-13-4-6-14(15)7-5-13/h4-7,12,16H,8-11H2,1-3H3. The Morgan fingerprint density at radius 3 is 2.61 bits per heavy atom. The highest BCUT2D eigenvalue weighted by molar-refractivity contribution is 9.10. The summed E-state index contributed by atoms with van der Waals surface area (Å²) in [4.78, 5) is 2.35. The van der Waals surface area contributed by atoms with Gasteiger partial charge in [0, 0.05) is 37.3 Å². The molecule has 1 rings (SSSR count). The van der Waals surface area contributed by atoms with Crippen LogP contribution in [0.1, 0.15) is 12.5 Å². The predicted molar refractivity (Wildman–Crippen MR) is 79.8 cm³/mol. The molecule has 102 valence electrons. The number of likely N-dealkylation sites (N-methyl/N-ethyl adjacent to an activating group) is 1. The molecule has 1 N–H and O–H groups in total. The molecule has 0 saturated carbocycles. The Kier molecular flexibility index (Phi) is 7.51. The summed E-state index contributed by atoms with van der Waals surface area (Å²) < 4.78 is 6.14. The summed E-state index contributed by atoms with van der Waals surface area (Å²) in [5.41, 5.74) is 1.34. The molecule has 0 fully saturated rings. The summed E-state index contributed by atoms with van der Waals surface area (Å²) in [6, 6.07) is 9.00. The van der Waals surface area contributed by atoms with E-state index in [2.05, 4.69) is 64.4 Å². The van der Waals surface area contributed by atoms with E-state index in [1.165, 1.54) is 5.56 Å². The Labute approximate surface area is 119 Å². The van der Waals surface area contributed by atoms with Crippen LogP contribution in [0.4, 0.5) is 0 Å². The van der Waals surface area contributed by atoms with Gasteiger partial charge in [-0.1, -0.05) is 28.1 Å². The first-order chi connectivity index (χ1) is 8.63. The van der Waals surface area contributed by atoms with Crippen LogP contribution in [0.3, 0.4) is 0 Å². The molecule has 0 radical (unpaired) electrons. The van der Waals surface area contributed by atoms with Gasteiger partial charge in [0.2, 0.25) is 0 Å². The summed E-state index contributed by atoms with van der Waals surface area (Å²) >= 11 is 3.45. The van der Waals surface area contributed by atoms with E-state index in [0.29, 0.717) is 6.04 Å². The fourth-order valence-corrected chi connectivity index (χ4v) is 1.94. The van der Waals surface area contributed by atoms with Crippen LogP contribution in [0.2, 0.25) is 0 Å². The van der Waals surface area contributed by atoms with Crippen molar-refractivity contribution in [3.05, 3.63) is 34.3 Å². The summed E-state index contributed by atoms with van der Waals surface area (Å²) in [6.45, 7) is 5.87. The van der Waals surface area contributed by atoms with E-state index < -0.39 is 0 Å². The zero-order valence-corrected chi connectivity index (χ0v) is 13.0. The lowest BCUT2D eigenvalue weighted by Gasteiger charge is -2.25. The maximum absolute atomic E-state index is 5.01. The Bertz CT molecular complexity index is 329. The number of methoxy groups -OCH3 is 1. The molecular formula is C14H23BrN2O. The fraction of sp³-hybridized carbons (Fsp3) is 0.571. The van der Waals surface area contributed by atoms with Crippen molar-refractivity contribution >= 4 is 15.9 Å². The lowest BCUT2D eigenvalue weighted by atomic mass is 10.2. The van der Waals surface area contributed by atoms with Crippen molar-refractivity contribution in [1.82, 2.24) is 10.2 Å². The van der Waals surface area contributed by atoms with E-state index in [9.17, 15) is 0 Å². The van der Waals surface area contributed by atoms with Crippen molar-refractivity contribution in [3.63, 3.8) is 0 Å². The third-order valence-electron chi connectivity index (χ3n) is 3.02. The maximum Gasteiger partial charge on any atom is 0.0587 e. The van der Waals surface area contributed by atoms with Crippen molar-refractivity contribution in [3.8, 4) is 0 Å². The van der Waals surface area contributed by atoms with Gasteiger partial charge in [0.1, 0.15) is 0 Å². The fourth-order valence-electron chi connectivity index (χ4n) is 1.67. The molecule has 4 heteroatoms. The van der Waals surface area contributed by atoms with Crippen LogP contribution in [0.5, 0.6) is 0 Å². The van der Waals surface area contributed by atoms with E-state index in [1.54, 1.807) is 7.11 Å². The molecule has 0 aliphatic rings. The smallest absolute Gasteiger partial charge is 0.0587 e. The van der Waals surface area contributed by atoms with Crippen molar-refractivity contribution < 1.29 is 4.74 Å². The van der Waals surface area contributed by atoms with Gasteiger partial charge in [-0.25, -0.2) is 0 Å². The molecule has 0 heterocycles. The van der Waals surface area contributed by atoms with Gasteiger partial charge in [-0.15, -0.1) is 0 Å². The molecule has 1 aromatic rings. The molecule has 0 saturated heterocycles. The molecule has 1 unspecified atom stereocenters. The van der Waals surface area contributed by atoms with Crippen molar-refractivity contribution in [1.29, 1.82) is 0 Å². The summed E-state index contributed by atoms with van der Waals surface area (Å²) in [6.07, 6.45) is 0. The van der Waals surface area contributed by atoms with Gasteiger partial charge in [0.15, 0.2) is 0 Å². The van der Waals surface area contributed by atoms with Crippen LogP contribution >= 0.6 is 15.9 Å². The zero-order chi connectivity index (χ0) is 13.4. The van der Waals surface area contributed by atoms with Gasteiger partial charge in [-0.2, -0.15) is 0 Å². The monoisotopic (exact) mass is 314 g/mol. The normalized spacial score (nSPS) is 12.9. The molecule has 0 aliphatic heterocycles. The molecule has 0 spiro atoms. The Morgan fingerprint density at radius 2 is 2.00 bits per heavy atom. The molecule has 0 amide bonds. The third kappa shape index (κ3) is 5.96. The molecule has 18 heavy (non-hydrogen) atoms. The summed E-state index contributed by atoms with van der Waals surface area (Å²) in [7, 11) is 3.88. The third-order valence-corrected chi connectivity index (χ3v) is 3.55. The molecule has 3 nitrogen and oxygen atoms in total. The first kappa shape index (κ1) is 15.6. The topological polar surface area (TPSA) is 24.5 Å². The van der Waals surface area contributed by atoms with E-state index in [1.807, 2.05) is 0 Å². The maximum atomic E-state index is 5.01. The number of hydrogen-bond donors (Lipinski definition) is 1. The van der Waals surface area contributed by atoms with Crippen molar-refractivity contribution in [2.45, 2.75) is 19.5 Å². The number of ether oxygens (including phenoxy) is 1. The molecule has 1 aromatic carbocycles. The van der Waals surface area contributed by atoms with Crippen LogP contribution in [0, 0.1) is 0 Å². The number of halogens is 1. The van der Waals surface area contributed by atoms with Crippen LogP contribution < -0.4 is 5.32 Å². The van der Waals surface area contributed by atoms with Crippen LogP contribution in [-0.2, 0) is 11.3 Å². The summed E-state index contributed by atoms with van der Waals surface area (Å²) in [5, 5.41) is 3.39. The lowest BCUT2D eigenvalue weighted by Crippen LogP contribution is -2.38. The zero-order valence-electron chi connectivity index (χ0n) is 11.4. The van der Waals surface area contributed by atoms with E-state index in [4.69, 9.17) is 4.74 Å². The quantitative estimate of drug-likeness (QED) is 0.746. The molecule has 0 aliphatic carbocycles. The van der Waals surface area contributed by atoms with Gasteiger partial charge >= 0.3 is 0 Å². The number of rotatable bonds is 8. The van der Waals surface area contributed by atoms with Crippen LogP contribution in [0.25, 0.3) is 0 Å². The van der Waals surface area contributed by atoms with E-state index >= 15 is 0 Å². The van der Waals surface area contributed by atoms with Crippen molar-refractivity contribution in [2.75, 3.05) is 33.9 Å². The minimum Gasteiger partial charge on any atom is -0.383 e. The number of benzene rings is 1. The Balaban J connectivity index is 2.30. The molecule has 0 bridgehead atoms. The van der Waals surface area contributed by atoms with Gasteiger partial charge in [0.25, 0.3) is 0 Å². The van der Waals surface area contributed by atoms with Gasteiger partial charge in [0.05, 0.1) is 6.61 Å². The van der Waals surface area contributed by atoms with Gasteiger partial charge in [-0.3, -0.25) is 4.90 Å². The van der Waals surface area contributed by atoms with E-state index in [-0.39, 0.29) is 0 Å². The Morgan fingerprint density at radius 1 is 1.33 bits per heavy atom. The summed E-state index contributed by atoms with van der Waals surface area (Å²) in [5.74, 6) is 0. The number of nitrogens with one attached hydrogen (secondary N) is 1. The van der Waals surface area contributed by atoms with Crippen LogP contribution in [0.15, 0.2) is 28.7 Å². The largest absolute Gasteiger partial charge is 0.383 e. The van der Waals surface area contributed by atoms with Crippen molar-refractivity contribution in [2.24, 2.45) is 0 Å². The SMILES string of the molecule is COCCNCC(C)N(C)Cc1ccc(Br)cc1. The minimum atomic E-state index is 0.505. The van der Waals surface area contributed by atoms with E-state index in [0.717, 1.165) is 30.7 Å². The average molecular weight is 315 g/mol. The van der Waals surface area contributed by atoms with Crippen LogP contribution in [-0.4, -0.2) is 44.8 Å². The highest BCUT2D eigenvalue weighted by Crippen LogP contribution is 2.12. The number of nitrogens with zero attached hydrogens (tertiary/aromatic N) is 1. The van der Waals surface area contributed by atoms with Gasteiger partial charge in [-0.05, 0) is 31.7 Å². The average Bonchev–Trinajstić information content (AvgIpc) is 2.37. The molecule has 0 aromatic heterocycles. The second kappa shape index (κ2) is 8.64. The second-order valence-corrected chi connectivity index (χ2v) is 5.50. The first-order valence-corrected chi connectivity index (χ1v) is 7.07. The highest BCUT2D eigenvalue weighted by Gasteiger charge is 2.08. The van der Waals surface area contributed by atoms with Gasteiger partial charge < -0.3 is 10.1 Å². The second-order valence-electron chi connectivity index (χ2n) is 4.59. The first-order valence-electron chi connectivity index (χ1n) is 6.28. The number of hydrogen-bond acceptors (Lipinski definition) is 3. The predicted octanol–water partition coefficient (Wildman–Crippen LogP) is 2.51. The minimum absolute atomic E-state index is 0.505. The lowest BCUT2D eigenvalue weighted by molar-refractivity contribution is 0.191. The molecular weight excluding hydrogens is 292 g/mol. The molecule has 1 atom stereocenters. The Hall–Kier alpha value is -0.420.